The SMILES string of the molecule is CCN(Cc1ccncc1)Cc1c(F)cccc1Br. The van der Waals surface area contributed by atoms with Crippen molar-refractivity contribution in [2.24, 2.45) is 0 Å². The third-order valence-electron chi connectivity index (χ3n) is 3.05. The van der Waals surface area contributed by atoms with Crippen LogP contribution in [0.25, 0.3) is 0 Å². The van der Waals surface area contributed by atoms with Crippen LogP contribution in [-0.4, -0.2) is 16.4 Å². The zero-order valence-electron chi connectivity index (χ0n) is 10.8. The highest BCUT2D eigenvalue weighted by atomic mass is 79.9. The first-order valence-electron chi connectivity index (χ1n) is 6.25. The summed E-state index contributed by atoms with van der Waals surface area (Å²) in [6.45, 7) is 4.32. The molecule has 2 rings (SSSR count). The lowest BCUT2D eigenvalue weighted by molar-refractivity contribution is 0.266. The zero-order valence-corrected chi connectivity index (χ0v) is 12.4. The third kappa shape index (κ3) is 3.85. The average Bonchev–Trinajstić information content (AvgIpc) is 2.43. The first-order valence-corrected chi connectivity index (χ1v) is 7.04. The first kappa shape index (κ1) is 14.2. The molecule has 0 aliphatic carbocycles. The van der Waals surface area contributed by atoms with Gasteiger partial charge in [0.05, 0.1) is 0 Å². The van der Waals surface area contributed by atoms with E-state index in [2.05, 4.69) is 32.7 Å². The number of rotatable bonds is 5. The number of nitrogens with zero attached hydrogens (tertiary/aromatic N) is 2. The molecule has 0 spiro atoms. The van der Waals surface area contributed by atoms with Crippen LogP contribution in [0.3, 0.4) is 0 Å². The van der Waals surface area contributed by atoms with Gasteiger partial charge in [0.15, 0.2) is 0 Å². The monoisotopic (exact) mass is 322 g/mol. The van der Waals surface area contributed by atoms with Gasteiger partial charge in [0.2, 0.25) is 0 Å². The fourth-order valence-electron chi connectivity index (χ4n) is 1.93. The van der Waals surface area contributed by atoms with Gasteiger partial charge in [-0.2, -0.15) is 0 Å². The molecule has 0 aliphatic heterocycles. The van der Waals surface area contributed by atoms with E-state index in [0.717, 1.165) is 17.6 Å². The molecule has 1 aromatic heterocycles. The Hall–Kier alpha value is -1.26. The largest absolute Gasteiger partial charge is 0.295 e. The van der Waals surface area contributed by atoms with Gasteiger partial charge in [-0.15, -0.1) is 0 Å². The lowest BCUT2D eigenvalue weighted by Crippen LogP contribution is -2.23. The molecule has 0 saturated heterocycles. The topological polar surface area (TPSA) is 16.1 Å². The maximum atomic E-state index is 13.8. The van der Waals surface area contributed by atoms with Gasteiger partial charge in [-0.1, -0.05) is 28.9 Å². The molecule has 2 aromatic rings. The third-order valence-corrected chi connectivity index (χ3v) is 3.79. The molecule has 2 nitrogen and oxygen atoms in total. The van der Waals surface area contributed by atoms with Gasteiger partial charge >= 0.3 is 0 Å². The zero-order chi connectivity index (χ0) is 13.7. The minimum Gasteiger partial charge on any atom is -0.295 e. The van der Waals surface area contributed by atoms with E-state index < -0.39 is 0 Å². The second-order valence-electron chi connectivity index (χ2n) is 4.36. The van der Waals surface area contributed by atoms with Crippen molar-refractivity contribution in [2.75, 3.05) is 6.54 Å². The van der Waals surface area contributed by atoms with Crippen molar-refractivity contribution >= 4 is 15.9 Å². The van der Waals surface area contributed by atoms with Gasteiger partial charge in [-0.05, 0) is 36.4 Å². The summed E-state index contributed by atoms with van der Waals surface area (Å²) in [7, 11) is 0. The standard InChI is InChI=1S/C15H16BrFN2/c1-2-19(10-12-6-8-18-9-7-12)11-13-14(16)4-3-5-15(13)17/h3-9H,2,10-11H2,1H3. The van der Waals surface area contributed by atoms with Crippen LogP contribution in [-0.2, 0) is 13.1 Å². The molecule has 1 aromatic carbocycles. The Labute approximate surface area is 121 Å². The van der Waals surface area contributed by atoms with Crippen molar-refractivity contribution in [1.82, 2.24) is 9.88 Å². The van der Waals surface area contributed by atoms with Crippen LogP contribution in [0.15, 0.2) is 47.2 Å². The highest BCUT2D eigenvalue weighted by molar-refractivity contribution is 9.10. The van der Waals surface area contributed by atoms with E-state index in [4.69, 9.17) is 0 Å². The molecule has 0 radical (unpaired) electrons. The second kappa shape index (κ2) is 6.78. The molecular weight excluding hydrogens is 307 g/mol. The predicted molar refractivity (Wildman–Crippen MR) is 78.1 cm³/mol. The summed E-state index contributed by atoms with van der Waals surface area (Å²) in [4.78, 5) is 6.20. The summed E-state index contributed by atoms with van der Waals surface area (Å²) in [5.74, 6) is -0.164. The molecule has 0 fully saturated rings. The van der Waals surface area contributed by atoms with Crippen LogP contribution < -0.4 is 0 Å². The summed E-state index contributed by atoms with van der Waals surface area (Å²) in [6, 6.07) is 9.05. The summed E-state index contributed by atoms with van der Waals surface area (Å²) in [5.41, 5.74) is 1.89. The Kier molecular flexibility index (Phi) is 5.05. The fourth-order valence-corrected chi connectivity index (χ4v) is 2.40. The number of benzene rings is 1. The van der Waals surface area contributed by atoms with Crippen LogP contribution >= 0.6 is 15.9 Å². The van der Waals surface area contributed by atoms with Gasteiger partial charge in [-0.3, -0.25) is 9.88 Å². The molecule has 19 heavy (non-hydrogen) atoms. The Bertz CT molecular complexity index is 511. The molecule has 0 N–H and O–H groups in total. The van der Waals surface area contributed by atoms with Crippen LogP contribution in [0.5, 0.6) is 0 Å². The summed E-state index contributed by atoms with van der Waals surface area (Å²) >= 11 is 3.41. The van der Waals surface area contributed by atoms with Crippen LogP contribution in [0, 0.1) is 5.82 Å². The number of halogens is 2. The first-order chi connectivity index (χ1) is 9.20. The van der Waals surface area contributed by atoms with Crippen molar-refractivity contribution in [3.8, 4) is 0 Å². The quantitative estimate of drug-likeness (QED) is 0.827. The van der Waals surface area contributed by atoms with E-state index in [1.54, 1.807) is 18.5 Å². The fraction of sp³-hybridized carbons (Fsp3) is 0.267. The normalized spacial score (nSPS) is 10.9. The van der Waals surface area contributed by atoms with Gasteiger partial charge in [-0.25, -0.2) is 4.39 Å². The number of pyridine rings is 1. The van der Waals surface area contributed by atoms with E-state index in [1.807, 2.05) is 18.2 Å². The molecule has 1 heterocycles. The number of hydrogen-bond donors (Lipinski definition) is 0. The Morgan fingerprint density at radius 2 is 1.89 bits per heavy atom. The molecule has 0 unspecified atom stereocenters. The number of hydrogen-bond acceptors (Lipinski definition) is 2. The van der Waals surface area contributed by atoms with E-state index >= 15 is 0 Å². The van der Waals surface area contributed by atoms with Crippen molar-refractivity contribution in [3.05, 3.63) is 64.1 Å². The van der Waals surface area contributed by atoms with E-state index in [-0.39, 0.29) is 5.82 Å². The van der Waals surface area contributed by atoms with Gasteiger partial charge in [0, 0.05) is 35.5 Å². The minimum atomic E-state index is -0.164. The van der Waals surface area contributed by atoms with Crippen molar-refractivity contribution in [3.63, 3.8) is 0 Å². The molecule has 4 heteroatoms. The van der Waals surface area contributed by atoms with Crippen molar-refractivity contribution in [1.29, 1.82) is 0 Å². The molecule has 0 atom stereocenters. The summed E-state index contributed by atoms with van der Waals surface area (Å²) in [6.07, 6.45) is 3.56. The Morgan fingerprint density at radius 1 is 1.16 bits per heavy atom. The van der Waals surface area contributed by atoms with Gasteiger partial charge < -0.3 is 0 Å². The minimum absolute atomic E-state index is 0.164. The van der Waals surface area contributed by atoms with Crippen LogP contribution in [0.1, 0.15) is 18.1 Å². The van der Waals surface area contributed by atoms with E-state index in [1.165, 1.54) is 11.6 Å². The van der Waals surface area contributed by atoms with E-state index in [0.29, 0.717) is 12.1 Å². The maximum absolute atomic E-state index is 13.8. The average molecular weight is 323 g/mol. The molecule has 0 bridgehead atoms. The van der Waals surface area contributed by atoms with Gasteiger partial charge in [0.1, 0.15) is 5.82 Å². The molecule has 0 aliphatic rings. The highest BCUT2D eigenvalue weighted by Gasteiger charge is 2.11. The summed E-state index contributed by atoms with van der Waals surface area (Å²) < 4.78 is 14.6. The summed E-state index contributed by atoms with van der Waals surface area (Å²) in [5, 5.41) is 0. The molecular formula is C15H16BrFN2. The van der Waals surface area contributed by atoms with Crippen molar-refractivity contribution < 1.29 is 4.39 Å². The molecule has 0 saturated carbocycles. The Morgan fingerprint density at radius 3 is 2.53 bits per heavy atom. The number of aromatic nitrogens is 1. The lowest BCUT2D eigenvalue weighted by atomic mass is 10.2. The highest BCUT2D eigenvalue weighted by Crippen LogP contribution is 2.22. The van der Waals surface area contributed by atoms with Gasteiger partial charge in [0.25, 0.3) is 0 Å². The second-order valence-corrected chi connectivity index (χ2v) is 5.21. The van der Waals surface area contributed by atoms with Crippen LogP contribution in [0.2, 0.25) is 0 Å². The smallest absolute Gasteiger partial charge is 0.128 e. The Balaban J connectivity index is 2.11. The molecule has 0 amide bonds. The molecule has 100 valence electrons. The van der Waals surface area contributed by atoms with Crippen LogP contribution in [0.4, 0.5) is 4.39 Å². The van der Waals surface area contributed by atoms with Crippen molar-refractivity contribution in [2.45, 2.75) is 20.0 Å². The predicted octanol–water partition coefficient (Wildman–Crippen LogP) is 4.01. The maximum Gasteiger partial charge on any atom is 0.128 e. The lowest BCUT2D eigenvalue weighted by Gasteiger charge is -2.21. The van der Waals surface area contributed by atoms with E-state index in [9.17, 15) is 4.39 Å².